The lowest BCUT2D eigenvalue weighted by Crippen LogP contribution is -2.38. The molecule has 7 heteroatoms. The lowest BCUT2D eigenvalue weighted by Gasteiger charge is -2.32. The quantitative estimate of drug-likeness (QED) is 0.780. The number of carbonyl (C=O) groups excluding carboxylic acids is 1. The van der Waals surface area contributed by atoms with Crippen LogP contribution in [-0.4, -0.2) is 22.4 Å². The van der Waals surface area contributed by atoms with E-state index in [2.05, 4.69) is 37.3 Å². The molecule has 142 valence electrons. The van der Waals surface area contributed by atoms with Gasteiger partial charge in [-0.2, -0.15) is 4.98 Å². The first-order valence-corrected chi connectivity index (χ1v) is 10.3. The van der Waals surface area contributed by atoms with E-state index in [1.807, 2.05) is 30.3 Å². The van der Waals surface area contributed by atoms with Crippen LogP contribution in [0.15, 0.2) is 43.1 Å². The highest BCUT2D eigenvalue weighted by atomic mass is 79.9. The first-order chi connectivity index (χ1) is 13.7. The molecule has 1 aromatic carbocycles. The first-order valence-electron chi connectivity index (χ1n) is 9.56. The molecular weight excluding hydrogens is 420 g/mol. The summed E-state index contributed by atoms with van der Waals surface area (Å²) >= 11 is 3.61. The highest BCUT2D eigenvalue weighted by Crippen LogP contribution is 2.39. The summed E-state index contributed by atoms with van der Waals surface area (Å²) in [6, 6.07) is 7.99. The predicted octanol–water partition coefficient (Wildman–Crippen LogP) is 3.12. The van der Waals surface area contributed by atoms with Gasteiger partial charge in [0.15, 0.2) is 5.42 Å². The van der Waals surface area contributed by atoms with Crippen molar-refractivity contribution in [3.63, 3.8) is 0 Å². The lowest BCUT2D eigenvalue weighted by molar-refractivity contribution is -0.122. The van der Waals surface area contributed by atoms with Gasteiger partial charge in [-0.25, -0.2) is 9.98 Å². The summed E-state index contributed by atoms with van der Waals surface area (Å²) in [5.41, 5.74) is 2.66. The SMILES string of the molecule is O=C1CCCC2=NC(Nc3nc4c(o3)=CCCC=4)=NC(c3ccccc3Br)C12. The summed E-state index contributed by atoms with van der Waals surface area (Å²) in [6.45, 7) is 0. The van der Waals surface area contributed by atoms with Crippen LogP contribution in [-0.2, 0) is 4.79 Å². The van der Waals surface area contributed by atoms with Crippen LogP contribution in [0.1, 0.15) is 43.7 Å². The lowest BCUT2D eigenvalue weighted by atomic mass is 9.78. The van der Waals surface area contributed by atoms with Crippen molar-refractivity contribution in [1.82, 2.24) is 4.98 Å². The number of Topliss-reactive ketones (excluding diaryl/α,β-unsaturated/α-hetero) is 1. The summed E-state index contributed by atoms with van der Waals surface area (Å²) in [6.07, 6.45) is 8.26. The van der Waals surface area contributed by atoms with E-state index in [1.165, 1.54) is 0 Å². The Bertz CT molecular complexity index is 1100. The predicted molar refractivity (Wildman–Crippen MR) is 112 cm³/mol. The topological polar surface area (TPSA) is 79.9 Å². The minimum atomic E-state index is -0.305. The Hall–Kier alpha value is -2.54. The number of aromatic nitrogens is 1. The molecule has 1 aromatic heterocycles. The maximum absolute atomic E-state index is 12.7. The third-order valence-corrected chi connectivity index (χ3v) is 6.07. The number of benzene rings is 1. The number of hydrogen-bond acceptors (Lipinski definition) is 6. The summed E-state index contributed by atoms with van der Waals surface area (Å²) < 4.78 is 6.74. The second-order valence-corrected chi connectivity index (χ2v) is 8.05. The van der Waals surface area contributed by atoms with E-state index in [0.717, 1.165) is 52.2 Å². The normalized spacial score (nSPS) is 23.5. The number of carbonyl (C=O) groups is 1. The number of anilines is 1. The highest BCUT2D eigenvalue weighted by Gasteiger charge is 2.39. The molecule has 2 aromatic rings. The molecule has 3 aliphatic rings. The van der Waals surface area contributed by atoms with Crippen LogP contribution in [0.5, 0.6) is 0 Å². The summed E-state index contributed by atoms with van der Waals surface area (Å²) in [7, 11) is 0. The fourth-order valence-electron chi connectivity index (χ4n) is 4.04. The molecule has 6 nitrogen and oxygen atoms in total. The van der Waals surface area contributed by atoms with Gasteiger partial charge in [0.1, 0.15) is 11.1 Å². The van der Waals surface area contributed by atoms with Gasteiger partial charge in [-0.1, -0.05) is 40.2 Å². The van der Waals surface area contributed by atoms with Gasteiger partial charge >= 0.3 is 6.01 Å². The van der Waals surface area contributed by atoms with Gasteiger partial charge in [0.05, 0.1) is 12.0 Å². The van der Waals surface area contributed by atoms with Crippen molar-refractivity contribution in [2.24, 2.45) is 15.9 Å². The summed E-state index contributed by atoms with van der Waals surface area (Å²) in [5.74, 6) is 0.363. The van der Waals surface area contributed by atoms with Crippen molar-refractivity contribution < 1.29 is 9.21 Å². The van der Waals surface area contributed by atoms with E-state index in [4.69, 9.17) is 9.41 Å². The Morgan fingerprint density at radius 1 is 1.14 bits per heavy atom. The van der Waals surface area contributed by atoms with Crippen LogP contribution in [0, 0.1) is 5.92 Å². The molecule has 5 rings (SSSR count). The number of fused-ring (bicyclic) bond motifs is 2. The van der Waals surface area contributed by atoms with Crippen molar-refractivity contribution in [2.75, 3.05) is 5.32 Å². The number of halogens is 1. The highest BCUT2D eigenvalue weighted by molar-refractivity contribution is 9.10. The number of nitrogens with zero attached hydrogens (tertiary/aromatic N) is 3. The largest absolute Gasteiger partial charge is 0.424 e. The number of ketones is 1. The molecule has 0 radical (unpaired) electrons. The molecule has 0 bridgehead atoms. The molecule has 1 saturated carbocycles. The third-order valence-electron chi connectivity index (χ3n) is 5.35. The van der Waals surface area contributed by atoms with Crippen molar-refractivity contribution in [2.45, 2.75) is 38.1 Å². The summed E-state index contributed by atoms with van der Waals surface area (Å²) in [5, 5.41) is 3.98. The molecular formula is C21H19BrN4O2. The zero-order valence-corrected chi connectivity index (χ0v) is 16.8. The van der Waals surface area contributed by atoms with Crippen LogP contribution in [0.2, 0.25) is 0 Å². The van der Waals surface area contributed by atoms with Gasteiger partial charge in [0, 0.05) is 16.6 Å². The Morgan fingerprint density at radius 2 is 2.00 bits per heavy atom. The molecule has 28 heavy (non-hydrogen) atoms. The van der Waals surface area contributed by atoms with Gasteiger partial charge in [-0.15, -0.1) is 0 Å². The zero-order valence-electron chi connectivity index (χ0n) is 15.2. The molecule has 1 fully saturated rings. The van der Waals surface area contributed by atoms with Crippen molar-refractivity contribution >= 4 is 51.6 Å². The van der Waals surface area contributed by atoms with Gasteiger partial charge in [0.2, 0.25) is 5.96 Å². The van der Waals surface area contributed by atoms with Gasteiger partial charge < -0.3 is 4.42 Å². The van der Waals surface area contributed by atoms with Crippen molar-refractivity contribution in [1.29, 1.82) is 0 Å². The number of rotatable bonds is 2. The standard InChI is InChI=1S/C21H19BrN4O2/c22-13-7-2-1-6-12(13)19-18-15(9-5-10-16(18)27)23-20(25-19)26-21-24-14-8-3-4-11-17(14)28-21/h1-2,6-8,11,18-19H,3-5,9-10H2,(H,24,25,26). The number of oxazole rings is 1. The average molecular weight is 439 g/mol. The number of guanidine groups is 1. The maximum Gasteiger partial charge on any atom is 0.302 e. The second-order valence-electron chi connectivity index (χ2n) is 7.20. The van der Waals surface area contributed by atoms with Gasteiger partial charge in [-0.05, 0) is 43.4 Å². The summed E-state index contributed by atoms with van der Waals surface area (Å²) in [4.78, 5) is 26.6. The fraction of sp³-hybridized carbons (Fsp3) is 0.333. The fourth-order valence-corrected chi connectivity index (χ4v) is 4.56. The third kappa shape index (κ3) is 3.13. The van der Waals surface area contributed by atoms with E-state index in [0.29, 0.717) is 18.4 Å². The monoisotopic (exact) mass is 438 g/mol. The molecule has 2 unspecified atom stereocenters. The van der Waals surface area contributed by atoms with E-state index in [1.54, 1.807) is 0 Å². The molecule has 2 heterocycles. The number of aliphatic imine (C=N–C) groups is 2. The molecule has 0 spiro atoms. The Labute approximate surface area is 170 Å². The minimum absolute atomic E-state index is 0.212. The molecule has 2 aliphatic carbocycles. The minimum Gasteiger partial charge on any atom is -0.424 e. The van der Waals surface area contributed by atoms with Gasteiger partial charge in [-0.3, -0.25) is 10.1 Å². The molecule has 1 aliphatic heterocycles. The molecule has 0 saturated heterocycles. The van der Waals surface area contributed by atoms with Crippen LogP contribution >= 0.6 is 15.9 Å². The Kier molecular flexibility index (Phi) is 4.47. The van der Waals surface area contributed by atoms with Crippen LogP contribution in [0.4, 0.5) is 6.01 Å². The number of hydrogen-bond donors (Lipinski definition) is 1. The van der Waals surface area contributed by atoms with E-state index >= 15 is 0 Å². The smallest absolute Gasteiger partial charge is 0.302 e. The van der Waals surface area contributed by atoms with E-state index < -0.39 is 0 Å². The van der Waals surface area contributed by atoms with Crippen LogP contribution in [0.3, 0.4) is 0 Å². The van der Waals surface area contributed by atoms with Crippen molar-refractivity contribution in [3.05, 3.63) is 45.1 Å². The Balaban J connectivity index is 1.55. The second kappa shape index (κ2) is 7.13. The van der Waals surface area contributed by atoms with E-state index in [-0.39, 0.29) is 17.7 Å². The molecule has 1 N–H and O–H groups in total. The van der Waals surface area contributed by atoms with Crippen molar-refractivity contribution in [3.8, 4) is 0 Å². The Morgan fingerprint density at radius 3 is 2.86 bits per heavy atom. The van der Waals surface area contributed by atoms with Crippen LogP contribution < -0.4 is 16.1 Å². The van der Waals surface area contributed by atoms with E-state index in [9.17, 15) is 4.79 Å². The molecule has 2 atom stereocenters. The van der Waals surface area contributed by atoms with Crippen LogP contribution in [0.25, 0.3) is 12.2 Å². The zero-order chi connectivity index (χ0) is 19.1. The number of nitrogens with one attached hydrogen (secondary N) is 1. The average Bonchev–Trinajstić information content (AvgIpc) is 3.10. The van der Waals surface area contributed by atoms with Gasteiger partial charge in [0.25, 0.3) is 0 Å². The maximum atomic E-state index is 12.7. The first kappa shape index (κ1) is 17.6. The molecule has 0 amide bonds.